The van der Waals surface area contributed by atoms with E-state index in [1.54, 1.807) is 12.3 Å². The molecule has 6 heteroatoms. The van der Waals surface area contributed by atoms with Crippen LogP contribution in [-0.2, 0) is 9.53 Å². The molecule has 3 aromatic rings. The molecule has 0 spiro atoms. The maximum absolute atomic E-state index is 12.0. The molecule has 0 N–H and O–H groups in total. The van der Waals surface area contributed by atoms with E-state index in [0.29, 0.717) is 11.6 Å². The zero-order chi connectivity index (χ0) is 16.4. The fraction of sp³-hybridized carbons (Fsp3) is 0. The van der Waals surface area contributed by atoms with Crippen molar-refractivity contribution in [3.8, 4) is 5.69 Å². The first kappa shape index (κ1) is 14.1. The summed E-state index contributed by atoms with van der Waals surface area (Å²) in [7, 11) is 0. The van der Waals surface area contributed by atoms with Crippen molar-refractivity contribution in [2.24, 2.45) is 4.99 Å². The minimum absolute atomic E-state index is 0.203. The van der Waals surface area contributed by atoms with Crippen LogP contribution < -0.4 is 0 Å². The molecule has 1 aliphatic rings. The topological polar surface area (TPSA) is 69.4 Å². The van der Waals surface area contributed by atoms with E-state index in [4.69, 9.17) is 4.74 Å². The van der Waals surface area contributed by atoms with Gasteiger partial charge in [-0.2, -0.15) is 9.90 Å². The number of hydrogen-bond donors (Lipinski definition) is 0. The number of carbonyl (C=O) groups is 1. The standard InChI is InChI=1S/C18H12N4O2/c23-18-16(20-17(24-18)13-7-3-1-4-8-13)11-14-12-19-22(21-14)15-9-5-2-6-10-15/h1-12H. The first-order valence-corrected chi connectivity index (χ1v) is 7.35. The monoisotopic (exact) mass is 316 g/mol. The molecule has 6 nitrogen and oxygen atoms in total. The Bertz CT molecular complexity index is 943. The highest BCUT2D eigenvalue weighted by atomic mass is 16.6. The molecular formula is C18H12N4O2. The minimum Gasteiger partial charge on any atom is -0.402 e. The van der Waals surface area contributed by atoms with Crippen LogP contribution in [0, 0.1) is 0 Å². The molecule has 0 radical (unpaired) electrons. The molecule has 0 bridgehead atoms. The molecular weight excluding hydrogens is 304 g/mol. The third-order valence-electron chi connectivity index (χ3n) is 3.42. The van der Waals surface area contributed by atoms with Gasteiger partial charge in [-0.15, -0.1) is 5.10 Å². The predicted octanol–water partition coefficient (Wildman–Crippen LogP) is 2.61. The Hall–Kier alpha value is -3.54. The first-order chi connectivity index (χ1) is 11.8. The Labute approximate surface area is 137 Å². The molecule has 0 amide bonds. The summed E-state index contributed by atoms with van der Waals surface area (Å²) in [5, 5.41) is 8.52. The number of cyclic esters (lactones) is 1. The van der Waals surface area contributed by atoms with Gasteiger partial charge in [-0.1, -0.05) is 36.4 Å². The average molecular weight is 316 g/mol. The van der Waals surface area contributed by atoms with Crippen molar-refractivity contribution in [1.82, 2.24) is 15.0 Å². The number of carbonyl (C=O) groups excluding carboxylic acids is 1. The summed E-state index contributed by atoms with van der Waals surface area (Å²) < 4.78 is 5.21. The fourth-order valence-electron chi connectivity index (χ4n) is 2.28. The van der Waals surface area contributed by atoms with Crippen LogP contribution in [0.15, 0.2) is 77.5 Å². The van der Waals surface area contributed by atoms with Crippen molar-refractivity contribution >= 4 is 17.9 Å². The van der Waals surface area contributed by atoms with Gasteiger partial charge in [-0.05, 0) is 24.3 Å². The Morgan fingerprint density at radius 1 is 0.958 bits per heavy atom. The Kier molecular flexibility index (Phi) is 3.47. The summed E-state index contributed by atoms with van der Waals surface area (Å²) in [5.74, 6) is -0.203. The molecule has 0 unspecified atom stereocenters. The average Bonchev–Trinajstić information content (AvgIpc) is 3.24. The number of benzene rings is 2. The molecule has 0 aliphatic carbocycles. The van der Waals surface area contributed by atoms with E-state index in [9.17, 15) is 4.79 Å². The number of para-hydroxylation sites is 1. The Morgan fingerprint density at radius 3 is 2.42 bits per heavy atom. The second-order valence-corrected chi connectivity index (χ2v) is 5.10. The largest absolute Gasteiger partial charge is 0.402 e. The first-order valence-electron chi connectivity index (χ1n) is 7.35. The molecule has 1 aliphatic heterocycles. The number of rotatable bonds is 3. The van der Waals surface area contributed by atoms with Gasteiger partial charge in [0.1, 0.15) is 5.69 Å². The number of esters is 1. The second kappa shape index (κ2) is 5.92. The SMILES string of the molecule is O=C1OC(c2ccccc2)=NC1=Cc1cnn(-c2ccccc2)n1. The van der Waals surface area contributed by atoms with Crippen LogP contribution in [0.3, 0.4) is 0 Å². The van der Waals surface area contributed by atoms with Crippen LogP contribution in [0.1, 0.15) is 11.3 Å². The zero-order valence-electron chi connectivity index (χ0n) is 12.5. The van der Waals surface area contributed by atoms with Gasteiger partial charge in [0, 0.05) is 11.6 Å². The van der Waals surface area contributed by atoms with Crippen LogP contribution in [0.4, 0.5) is 0 Å². The highest BCUT2D eigenvalue weighted by Gasteiger charge is 2.24. The van der Waals surface area contributed by atoms with Crippen molar-refractivity contribution in [3.05, 3.63) is 83.8 Å². The summed E-state index contributed by atoms with van der Waals surface area (Å²) in [6, 6.07) is 18.8. The number of nitrogens with zero attached hydrogens (tertiary/aromatic N) is 4. The van der Waals surface area contributed by atoms with Crippen molar-refractivity contribution in [2.45, 2.75) is 0 Å². The van der Waals surface area contributed by atoms with Crippen LogP contribution >= 0.6 is 0 Å². The zero-order valence-corrected chi connectivity index (χ0v) is 12.5. The second-order valence-electron chi connectivity index (χ2n) is 5.10. The third-order valence-corrected chi connectivity index (χ3v) is 3.42. The lowest BCUT2D eigenvalue weighted by Gasteiger charge is -1.97. The molecule has 4 rings (SSSR count). The Balaban J connectivity index is 1.63. The summed E-state index contributed by atoms with van der Waals surface area (Å²) >= 11 is 0. The van der Waals surface area contributed by atoms with Crippen LogP contribution in [-0.4, -0.2) is 26.9 Å². The van der Waals surface area contributed by atoms with E-state index in [0.717, 1.165) is 11.3 Å². The number of hydrogen-bond acceptors (Lipinski definition) is 5. The fourth-order valence-corrected chi connectivity index (χ4v) is 2.28. The van der Waals surface area contributed by atoms with Gasteiger partial charge in [0.2, 0.25) is 5.90 Å². The molecule has 0 saturated heterocycles. The number of aliphatic imine (C=N–C) groups is 1. The molecule has 0 fully saturated rings. The highest BCUT2D eigenvalue weighted by Crippen LogP contribution is 2.18. The summed E-state index contributed by atoms with van der Waals surface area (Å²) in [5.41, 5.74) is 2.32. The van der Waals surface area contributed by atoms with Crippen molar-refractivity contribution in [2.75, 3.05) is 0 Å². The van der Waals surface area contributed by atoms with Crippen molar-refractivity contribution in [3.63, 3.8) is 0 Å². The summed E-state index contributed by atoms with van der Waals surface area (Å²) in [4.78, 5) is 17.7. The van der Waals surface area contributed by atoms with E-state index in [-0.39, 0.29) is 5.70 Å². The van der Waals surface area contributed by atoms with E-state index < -0.39 is 5.97 Å². The van der Waals surface area contributed by atoms with Gasteiger partial charge < -0.3 is 4.74 Å². The van der Waals surface area contributed by atoms with Gasteiger partial charge in [0.25, 0.3) is 0 Å². The van der Waals surface area contributed by atoms with Gasteiger partial charge in [0.05, 0.1) is 11.9 Å². The third kappa shape index (κ3) is 2.72. The lowest BCUT2D eigenvalue weighted by atomic mass is 10.2. The van der Waals surface area contributed by atoms with Gasteiger partial charge in [0.15, 0.2) is 5.70 Å². The van der Waals surface area contributed by atoms with Crippen LogP contribution in [0.25, 0.3) is 11.8 Å². The van der Waals surface area contributed by atoms with E-state index in [2.05, 4.69) is 15.2 Å². The van der Waals surface area contributed by atoms with Crippen LogP contribution in [0.2, 0.25) is 0 Å². The number of ether oxygens (including phenoxy) is 1. The molecule has 116 valence electrons. The minimum atomic E-state index is -0.497. The molecule has 2 heterocycles. The lowest BCUT2D eigenvalue weighted by Crippen LogP contribution is -2.05. The number of aromatic nitrogens is 3. The maximum Gasteiger partial charge on any atom is 0.363 e. The Morgan fingerprint density at radius 2 is 1.67 bits per heavy atom. The maximum atomic E-state index is 12.0. The van der Waals surface area contributed by atoms with E-state index in [1.807, 2.05) is 60.7 Å². The molecule has 2 aromatic carbocycles. The predicted molar refractivity (Wildman–Crippen MR) is 88.4 cm³/mol. The van der Waals surface area contributed by atoms with Crippen molar-refractivity contribution < 1.29 is 9.53 Å². The molecule has 1 aromatic heterocycles. The van der Waals surface area contributed by atoms with E-state index in [1.165, 1.54) is 4.80 Å². The smallest absolute Gasteiger partial charge is 0.363 e. The summed E-state index contributed by atoms with van der Waals surface area (Å²) in [6.45, 7) is 0. The molecule has 0 saturated carbocycles. The van der Waals surface area contributed by atoms with Crippen LogP contribution in [0.5, 0.6) is 0 Å². The summed E-state index contributed by atoms with van der Waals surface area (Å²) in [6.07, 6.45) is 3.13. The van der Waals surface area contributed by atoms with Gasteiger partial charge in [-0.3, -0.25) is 0 Å². The lowest BCUT2D eigenvalue weighted by molar-refractivity contribution is -0.129. The van der Waals surface area contributed by atoms with Gasteiger partial charge >= 0.3 is 5.97 Å². The quantitative estimate of drug-likeness (QED) is 0.550. The van der Waals surface area contributed by atoms with Crippen molar-refractivity contribution in [1.29, 1.82) is 0 Å². The van der Waals surface area contributed by atoms with Gasteiger partial charge in [-0.25, -0.2) is 9.79 Å². The molecule has 0 atom stereocenters. The normalized spacial score (nSPS) is 15.4. The molecule has 24 heavy (non-hydrogen) atoms. The van der Waals surface area contributed by atoms with E-state index >= 15 is 0 Å². The highest BCUT2D eigenvalue weighted by molar-refractivity contribution is 6.12.